The second-order valence-electron chi connectivity index (χ2n) is 4.14. The van der Waals surface area contributed by atoms with Gasteiger partial charge < -0.3 is 5.11 Å². The molecule has 5 heteroatoms. The predicted octanol–water partition coefficient (Wildman–Crippen LogP) is 2.73. The van der Waals surface area contributed by atoms with Crippen LogP contribution in [0.2, 0.25) is 0 Å². The number of aryl methyl sites for hydroxylation is 1. The van der Waals surface area contributed by atoms with Crippen molar-refractivity contribution in [1.82, 2.24) is 4.98 Å². The Kier molecular flexibility index (Phi) is 3.75. The zero-order valence-corrected chi connectivity index (χ0v) is 10.3. The quantitative estimate of drug-likeness (QED) is 0.922. The lowest BCUT2D eigenvalue weighted by Gasteiger charge is -2.07. The zero-order valence-electron chi connectivity index (χ0n) is 10.3. The number of benzene rings is 1. The molecule has 4 nitrogen and oxygen atoms in total. The summed E-state index contributed by atoms with van der Waals surface area (Å²) in [6.07, 6.45) is 0.348. The van der Waals surface area contributed by atoms with Gasteiger partial charge in [0.05, 0.1) is 0 Å². The Morgan fingerprint density at radius 1 is 1.32 bits per heavy atom. The fraction of sp³-hybridized carbons (Fsp3) is 0.143. The van der Waals surface area contributed by atoms with Gasteiger partial charge in [-0.05, 0) is 24.6 Å². The van der Waals surface area contributed by atoms with E-state index in [4.69, 9.17) is 0 Å². The average molecular weight is 261 g/mol. The molecule has 0 aliphatic heterocycles. The summed E-state index contributed by atoms with van der Waals surface area (Å²) < 4.78 is 11.8. The van der Waals surface area contributed by atoms with Crippen molar-refractivity contribution < 1.29 is 19.4 Å². The number of aromatic hydroxyl groups is 1. The number of carbonyl (C=O) groups is 1. The van der Waals surface area contributed by atoms with Crippen molar-refractivity contribution in [1.29, 1.82) is 0 Å². The molecule has 1 heterocycles. The van der Waals surface area contributed by atoms with E-state index in [1.165, 1.54) is 6.07 Å². The largest absolute Gasteiger partial charge is 0.507 e. The number of hydrogen-bond donors (Lipinski definition) is 1. The lowest BCUT2D eigenvalue weighted by atomic mass is 10.0. The van der Waals surface area contributed by atoms with Crippen LogP contribution >= 0.6 is 0 Å². The molecule has 0 bridgehead atoms. The van der Waals surface area contributed by atoms with Gasteiger partial charge in [-0.3, -0.25) is 0 Å². The molecule has 0 spiro atoms. The van der Waals surface area contributed by atoms with Crippen molar-refractivity contribution in [3.05, 3.63) is 58.9 Å². The number of carbonyl (C=O) groups excluding carboxylic acids is 1. The van der Waals surface area contributed by atoms with Crippen molar-refractivity contribution in [2.24, 2.45) is 0 Å². The molecule has 19 heavy (non-hydrogen) atoms. The Bertz CT molecular complexity index is 613. The molecule has 0 fully saturated rings. The minimum atomic E-state index is -1.13. The van der Waals surface area contributed by atoms with Crippen LogP contribution in [0.25, 0.3) is 0 Å². The average Bonchev–Trinajstić information content (AvgIpc) is 2.43. The second kappa shape index (κ2) is 5.48. The third-order valence-electron chi connectivity index (χ3n) is 2.78. The Balaban J connectivity index is 2.28. The summed E-state index contributed by atoms with van der Waals surface area (Å²) in [6, 6.07) is 10.0. The van der Waals surface area contributed by atoms with Crippen LogP contribution in [0, 0.1) is 6.92 Å². The third kappa shape index (κ3) is 2.88. The fourth-order valence-corrected chi connectivity index (χ4v) is 1.79. The van der Waals surface area contributed by atoms with Gasteiger partial charge in [0, 0.05) is 22.2 Å². The van der Waals surface area contributed by atoms with Crippen LogP contribution < -0.4 is 0 Å². The maximum atomic E-state index is 11.8. The van der Waals surface area contributed by atoms with Crippen LogP contribution in [0.1, 0.15) is 27.3 Å². The zero-order chi connectivity index (χ0) is 13.8. The van der Waals surface area contributed by atoms with Crippen LogP contribution in [-0.4, -0.2) is 16.1 Å². The molecule has 1 aromatic heterocycles. The van der Waals surface area contributed by atoms with E-state index in [1.54, 1.807) is 31.2 Å². The highest BCUT2D eigenvalue weighted by Crippen LogP contribution is 2.23. The molecule has 2 aromatic rings. The Hall–Kier alpha value is -2.43. The Morgan fingerprint density at radius 2 is 2.05 bits per heavy atom. The van der Waals surface area contributed by atoms with Gasteiger partial charge in [0.2, 0.25) is 0 Å². The lowest BCUT2D eigenvalue weighted by molar-refractivity contribution is -0.0793. The van der Waals surface area contributed by atoms with Gasteiger partial charge in [-0.2, -0.15) is 0 Å². The predicted molar refractivity (Wildman–Crippen MR) is 66.4 cm³/mol. The summed E-state index contributed by atoms with van der Waals surface area (Å²) >= 11 is 0. The third-order valence-corrected chi connectivity index (χ3v) is 2.78. The van der Waals surface area contributed by atoms with Crippen LogP contribution in [0.4, 0.5) is 4.53 Å². The molecule has 0 radical (unpaired) electrons. The van der Waals surface area contributed by atoms with Gasteiger partial charge in [-0.25, -0.2) is 14.7 Å². The van der Waals surface area contributed by atoms with Crippen LogP contribution in [-0.2, 0) is 11.4 Å². The number of halogens is 1. The van der Waals surface area contributed by atoms with E-state index in [0.29, 0.717) is 17.7 Å². The first-order valence-corrected chi connectivity index (χ1v) is 5.68. The number of para-hydroxylation sites is 1. The first kappa shape index (κ1) is 13.0. The highest BCUT2D eigenvalue weighted by Gasteiger charge is 2.11. The molecule has 1 aromatic carbocycles. The molecule has 0 saturated carbocycles. The number of aromatic nitrogens is 1. The minimum absolute atomic E-state index is 0.104. The molecule has 0 atom stereocenters. The summed E-state index contributed by atoms with van der Waals surface area (Å²) in [5, 5.41) is 9.90. The summed E-state index contributed by atoms with van der Waals surface area (Å²) in [4.78, 5) is 18.1. The molecule has 0 saturated heterocycles. The fourth-order valence-electron chi connectivity index (χ4n) is 1.79. The van der Waals surface area contributed by atoms with E-state index in [9.17, 15) is 14.4 Å². The maximum Gasteiger partial charge on any atom is 0.397 e. The molecular weight excluding hydrogens is 249 g/mol. The molecule has 0 amide bonds. The van der Waals surface area contributed by atoms with Gasteiger partial charge in [0.15, 0.2) is 5.69 Å². The van der Waals surface area contributed by atoms with E-state index in [1.807, 2.05) is 6.07 Å². The number of nitrogens with zero attached hydrogens (tertiary/aromatic N) is 1. The summed E-state index contributed by atoms with van der Waals surface area (Å²) in [5.74, 6) is -0.932. The normalized spacial score (nSPS) is 10.2. The highest BCUT2D eigenvalue weighted by molar-refractivity contribution is 5.86. The van der Waals surface area contributed by atoms with E-state index in [-0.39, 0.29) is 11.4 Å². The summed E-state index contributed by atoms with van der Waals surface area (Å²) in [6.45, 7) is 1.79. The SMILES string of the molecule is Cc1cccc(Cc2cccc(C(=O)OF)n2)c1O. The Labute approximate surface area is 109 Å². The molecule has 0 unspecified atom stereocenters. The van der Waals surface area contributed by atoms with Crippen molar-refractivity contribution in [2.45, 2.75) is 13.3 Å². The number of phenols is 1. The molecule has 98 valence electrons. The van der Waals surface area contributed by atoms with E-state index >= 15 is 0 Å². The molecular formula is C14H12FNO3. The van der Waals surface area contributed by atoms with Crippen molar-refractivity contribution >= 4 is 5.97 Å². The van der Waals surface area contributed by atoms with Gasteiger partial charge in [-0.1, -0.05) is 24.3 Å². The van der Waals surface area contributed by atoms with Crippen molar-refractivity contribution in [3.8, 4) is 5.75 Å². The maximum absolute atomic E-state index is 11.8. The Morgan fingerprint density at radius 3 is 2.79 bits per heavy atom. The van der Waals surface area contributed by atoms with Gasteiger partial charge in [0.25, 0.3) is 0 Å². The molecule has 0 aliphatic carbocycles. The first-order chi connectivity index (χ1) is 9.11. The van der Waals surface area contributed by atoms with Crippen LogP contribution in [0.3, 0.4) is 0 Å². The van der Waals surface area contributed by atoms with E-state index in [2.05, 4.69) is 9.93 Å². The van der Waals surface area contributed by atoms with Crippen molar-refractivity contribution in [3.63, 3.8) is 0 Å². The number of pyridine rings is 1. The highest BCUT2D eigenvalue weighted by atomic mass is 19.3. The summed E-state index contributed by atoms with van der Waals surface area (Å²) in [5.41, 5.74) is 1.89. The monoisotopic (exact) mass is 261 g/mol. The number of rotatable bonds is 3. The first-order valence-electron chi connectivity index (χ1n) is 5.68. The number of phenolic OH excluding ortho intramolecular Hbond substituents is 1. The molecule has 2 rings (SSSR count). The van der Waals surface area contributed by atoms with E-state index < -0.39 is 5.97 Å². The van der Waals surface area contributed by atoms with Gasteiger partial charge in [-0.15, -0.1) is 0 Å². The number of hydrogen-bond acceptors (Lipinski definition) is 4. The standard InChI is InChI=1S/C14H12FNO3/c1-9-4-2-5-10(13(9)17)8-11-6-3-7-12(16-11)14(18)19-15/h2-7,17H,8H2,1H3. The molecule has 0 aliphatic rings. The van der Waals surface area contributed by atoms with E-state index in [0.717, 1.165) is 5.56 Å². The lowest BCUT2D eigenvalue weighted by Crippen LogP contribution is -2.04. The van der Waals surface area contributed by atoms with Crippen molar-refractivity contribution in [2.75, 3.05) is 0 Å². The minimum Gasteiger partial charge on any atom is -0.507 e. The summed E-state index contributed by atoms with van der Waals surface area (Å²) in [7, 11) is 0. The molecule has 1 N–H and O–H groups in total. The van der Waals surface area contributed by atoms with Crippen LogP contribution in [0.5, 0.6) is 5.75 Å². The topological polar surface area (TPSA) is 59.4 Å². The smallest absolute Gasteiger partial charge is 0.397 e. The van der Waals surface area contributed by atoms with Gasteiger partial charge >= 0.3 is 5.97 Å². The van der Waals surface area contributed by atoms with Crippen LogP contribution in [0.15, 0.2) is 36.4 Å². The van der Waals surface area contributed by atoms with Gasteiger partial charge in [0.1, 0.15) is 5.75 Å². The second-order valence-corrected chi connectivity index (χ2v) is 4.14.